The van der Waals surface area contributed by atoms with Crippen LogP contribution in [0, 0.1) is 22.9 Å². The van der Waals surface area contributed by atoms with Crippen LogP contribution in [0.5, 0.6) is 0 Å². The number of benzene rings is 1. The molecular formula is C12H16FN3O2. The molecule has 2 N–H and O–H groups in total. The van der Waals surface area contributed by atoms with Gasteiger partial charge in [0.2, 0.25) is 0 Å². The van der Waals surface area contributed by atoms with E-state index in [-0.39, 0.29) is 5.69 Å². The maximum atomic E-state index is 13.3. The Morgan fingerprint density at radius 2 is 2.39 bits per heavy atom. The maximum absolute atomic E-state index is 13.3. The van der Waals surface area contributed by atoms with Gasteiger partial charge in [0.1, 0.15) is 11.5 Å². The summed E-state index contributed by atoms with van der Waals surface area (Å²) in [6.45, 7) is 3.20. The van der Waals surface area contributed by atoms with Crippen LogP contribution in [0.25, 0.3) is 0 Å². The average Bonchev–Trinajstić information content (AvgIpc) is 2.83. The van der Waals surface area contributed by atoms with Crippen molar-refractivity contribution in [3.05, 3.63) is 33.6 Å². The molecule has 0 bridgehead atoms. The Hall–Kier alpha value is -1.69. The Morgan fingerprint density at radius 1 is 1.61 bits per heavy atom. The maximum Gasteiger partial charge on any atom is 0.295 e. The zero-order chi connectivity index (χ0) is 13.1. The monoisotopic (exact) mass is 253 g/mol. The van der Waals surface area contributed by atoms with Crippen molar-refractivity contribution in [2.45, 2.75) is 25.8 Å². The lowest BCUT2D eigenvalue weighted by atomic mass is 10.1. The van der Waals surface area contributed by atoms with Crippen LogP contribution in [-0.2, 0) is 0 Å². The van der Waals surface area contributed by atoms with Crippen LogP contribution in [0.2, 0.25) is 0 Å². The topological polar surface area (TPSA) is 67.2 Å². The Bertz CT molecular complexity index is 459. The molecule has 5 nitrogen and oxygen atoms in total. The van der Waals surface area contributed by atoms with Crippen molar-refractivity contribution in [2.24, 2.45) is 0 Å². The molecule has 1 aliphatic rings. The van der Waals surface area contributed by atoms with E-state index in [4.69, 9.17) is 0 Å². The van der Waals surface area contributed by atoms with Crippen LogP contribution in [-0.4, -0.2) is 24.1 Å². The fourth-order valence-electron chi connectivity index (χ4n) is 2.13. The van der Waals surface area contributed by atoms with Crippen LogP contribution >= 0.6 is 0 Å². The van der Waals surface area contributed by atoms with Crippen molar-refractivity contribution in [3.63, 3.8) is 0 Å². The van der Waals surface area contributed by atoms with Gasteiger partial charge in [0.15, 0.2) is 0 Å². The molecule has 0 saturated carbocycles. The highest BCUT2D eigenvalue weighted by atomic mass is 19.1. The van der Waals surface area contributed by atoms with Gasteiger partial charge in [0, 0.05) is 12.6 Å². The van der Waals surface area contributed by atoms with Gasteiger partial charge in [-0.2, -0.15) is 0 Å². The summed E-state index contributed by atoms with van der Waals surface area (Å²) in [5.41, 5.74) is 0.575. The van der Waals surface area contributed by atoms with Gasteiger partial charge in [-0.3, -0.25) is 10.1 Å². The highest BCUT2D eigenvalue weighted by Crippen LogP contribution is 2.27. The number of nitrogens with one attached hydrogen (secondary N) is 2. The van der Waals surface area contributed by atoms with E-state index < -0.39 is 10.7 Å². The SMILES string of the molecule is Cc1cc(NCC2CCCN2)c([N+](=O)[O-])cc1F. The van der Waals surface area contributed by atoms with E-state index in [9.17, 15) is 14.5 Å². The molecule has 0 aliphatic carbocycles. The van der Waals surface area contributed by atoms with Crippen molar-refractivity contribution in [2.75, 3.05) is 18.4 Å². The predicted molar refractivity (Wildman–Crippen MR) is 67.3 cm³/mol. The van der Waals surface area contributed by atoms with Crippen LogP contribution in [0.4, 0.5) is 15.8 Å². The van der Waals surface area contributed by atoms with Gasteiger partial charge < -0.3 is 10.6 Å². The van der Waals surface area contributed by atoms with Gasteiger partial charge >= 0.3 is 0 Å². The molecule has 1 atom stereocenters. The molecule has 0 radical (unpaired) electrons. The van der Waals surface area contributed by atoms with Gasteiger partial charge in [-0.15, -0.1) is 0 Å². The largest absolute Gasteiger partial charge is 0.378 e. The average molecular weight is 253 g/mol. The van der Waals surface area contributed by atoms with E-state index in [0.717, 1.165) is 25.5 Å². The van der Waals surface area contributed by atoms with Gasteiger partial charge in [0.25, 0.3) is 5.69 Å². The summed E-state index contributed by atoms with van der Waals surface area (Å²) in [6, 6.07) is 2.79. The fourth-order valence-corrected chi connectivity index (χ4v) is 2.13. The van der Waals surface area contributed by atoms with Gasteiger partial charge in [-0.1, -0.05) is 0 Å². The number of hydrogen-bond donors (Lipinski definition) is 2. The first-order chi connectivity index (χ1) is 8.58. The molecule has 0 aromatic heterocycles. The first kappa shape index (κ1) is 12.8. The number of hydrogen-bond acceptors (Lipinski definition) is 4. The van der Waals surface area contributed by atoms with Crippen molar-refractivity contribution in [1.29, 1.82) is 0 Å². The zero-order valence-corrected chi connectivity index (χ0v) is 10.2. The molecular weight excluding hydrogens is 237 g/mol. The number of halogens is 1. The highest BCUT2D eigenvalue weighted by Gasteiger charge is 2.19. The summed E-state index contributed by atoms with van der Waals surface area (Å²) < 4.78 is 13.3. The molecule has 18 heavy (non-hydrogen) atoms. The van der Waals surface area contributed by atoms with Crippen LogP contribution in [0.15, 0.2) is 12.1 Å². The van der Waals surface area contributed by atoms with Gasteiger partial charge in [-0.25, -0.2) is 4.39 Å². The Morgan fingerprint density at radius 3 is 3.00 bits per heavy atom. The lowest BCUT2D eigenvalue weighted by Crippen LogP contribution is -2.29. The minimum Gasteiger partial charge on any atom is -0.378 e. The molecule has 1 saturated heterocycles. The van der Waals surface area contributed by atoms with E-state index in [1.165, 1.54) is 6.07 Å². The van der Waals surface area contributed by atoms with E-state index in [0.29, 0.717) is 23.8 Å². The van der Waals surface area contributed by atoms with Crippen molar-refractivity contribution < 1.29 is 9.31 Å². The molecule has 1 aliphatic heterocycles. The summed E-state index contributed by atoms with van der Waals surface area (Å²) >= 11 is 0. The molecule has 1 aromatic rings. The second-order valence-corrected chi connectivity index (χ2v) is 4.55. The third-order valence-electron chi connectivity index (χ3n) is 3.17. The normalized spacial score (nSPS) is 18.9. The number of anilines is 1. The predicted octanol–water partition coefficient (Wildman–Crippen LogP) is 2.21. The Kier molecular flexibility index (Phi) is 3.76. The second-order valence-electron chi connectivity index (χ2n) is 4.55. The van der Waals surface area contributed by atoms with E-state index >= 15 is 0 Å². The summed E-state index contributed by atoms with van der Waals surface area (Å²) in [5, 5.41) is 17.2. The zero-order valence-electron chi connectivity index (χ0n) is 10.2. The van der Waals surface area contributed by atoms with Crippen LogP contribution < -0.4 is 10.6 Å². The van der Waals surface area contributed by atoms with Crippen molar-refractivity contribution >= 4 is 11.4 Å². The Balaban J connectivity index is 2.14. The fraction of sp³-hybridized carbons (Fsp3) is 0.500. The van der Waals surface area contributed by atoms with E-state index in [2.05, 4.69) is 10.6 Å². The lowest BCUT2D eigenvalue weighted by Gasteiger charge is -2.13. The van der Waals surface area contributed by atoms with Gasteiger partial charge in [0.05, 0.1) is 11.0 Å². The third-order valence-corrected chi connectivity index (χ3v) is 3.17. The van der Waals surface area contributed by atoms with Crippen LogP contribution in [0.3, 0.4) is 0 Å². The van der Waals surface area contributed by atoms with Crippen molar-refractivity contribution in [1.82, 2.24) is 5.32 Å². The highest BCUT2D eigenvalue weighted by molar-refractivity contribution is 5.63. The molecule has 6 heteroatoms. The lowest BCUT2D eigenvalue weighted by molar-refractivity contribution is -0.384. The second kappa shape index (κ2) is 5.30. The minimum atomic E-state index is -0.563. The third kappa shape index (κ3) is 2.76. The molecule has 0 spiro atoms. The molecule has 1 unspecified atom stereocenters. The number of nitro benzene ring substituents is 1. The Labute approximate surface area is 105 Å². The number of nitro groups is 1. The first-order valence-corrected chi connectivity index (χ1v) is 5.99. The molecule has 1 heterocycles. The first-order valence-electron chi connectivity index (χ1n) is 5.99. The summed E-state index contributed by atoms with van der Waals surface area (Å²) in [4.78, 5) is 10.3. The molecule has 0 amide bonds. The van der Waals surface area contributed by atoms with Gasteiger partial charge in [-0.05, 0) is 37.9 Å². The molecule has 1 fully saturated rings. The standard InChI is InChI=1S/C12H16FN3O2/c1-8-5-11(12(16(17)18)6-10(8)13)15-7-9-3-2-4-14-9/h5-6,9,14-15H,2-4,7H2,1H3. The smallest absolute Gasteiger partial charge is 0.295 e. The summed E-state index contributed by atoms with van der Waals surface area (Å²) in [6.07, 6.45) is 2.18. The van der Waals surface area contributed by atoms with E-state index in [1.54, 1.807) is 6.92 Å². The number of aryl methyl sites for hydroxylation is 1. The molecule has 2 rings (SSSR count). The minimum absolute atomic E-state index is 0.212. The number of nitrogens with zero attached hydrogens (tertiary/aromatic N) is 1. The number of rotatable bonds is 4. The van der Waals surface area contributed by atoms with Crippen LogP contribution in [0.1, 0.15) is 18.4 Å². The summed E-state index contributed by atoms with van der Waals surface area (Å²) in [7, 11) is 0. The molecule has 98 valence electrons. The van der Waals surface area contributed by atoms with Crippen molar-refractivity contribution in [3.8, 4) is 0 Å². The quantitative estimate of drug-likeness (QED) is 0.637. The van der Waals surface area contributed by atoms with E-state index in [1.807, 2.05) is 0 Å². The molecule has 1 aromatic carbocycles. The summed E-state index contributed by atoms with van der Waals surface area (Å²) in [5.74, 6) is -0.550.